The number of hydrogen-bond acceptors (Lipinski definition) is 3. The molecule has 26 heavy (non-hydrogen) atoms. The van der Waals surface area contributed by atoms with Crippen molar-refractivity contribution in [3.63, 3.8) is 0 Å². The molecule has 134 valence electrons. The molecule has 0 fully saturated rings. The van der Waals surface area contributed by atoms with Crippen LogP contribution in [0.4, 0.5) is 10.1 Å². The molecular weight excluding hydrogens is 337 g/mol. The normalized spacial score (nSPS) is 17.4. The zero-order chi connectivity index (χ0) is 23.8. The molecule has 0 saturated carbocycles. The van der Waals surface area contributed by atoms with E-state index in [0.29, 0.717) is 6.42 Å². The van der Waals surface area contributed by atoms with Crippen LogP contribution in [0.25, 0.3) is 11.1 Å². The maximum atomic E-state index is 15.0. The third-order valence-corrected chi connectivity index (χ3v) is 4.00. The molecule has 1 amide bonds. The Morgan fingerprint density at radius 2 is 2.08 bits per heavy atom. The third kappa shape index (κ3) is 3.59. The number of carboxylic acids is 1. The zero-order valence-corrected chi connectivity index (χ0v) is 13.5. The lowest BCUT2D eigenvalue weighted by Gasteiger charge is -2.10. The van der Waals surface area contributed by atoms with E-state index in [-0.39, 0.29) is 40.9 Å². The number of amides is 1. The summed E-state index contributed by atoms with van der Waals surface area (Å²) in [5, 5.41) is 11.3. The highest BCUT2D eigenvalue weighted by atomic mass is 19.1. The lowest BCUT2D eigenvalue weighted by Crippen LogP contribution is -2.17. The maximum Gasteiger partial charge on any atom is 0.332 e. The summed E-state index contributed by atoms with van der Waals surface area (Å²) in [5.41, 5.74) is -1.03. The van der Waals surface area contributed by atoms with Gasteiger partial charge in [0.15, 0.2) is 0 Å². The lowest BCUT2D eigenvalue weighted by molar-refractivity contribution is -0.133. The SMILES string of the molecule is [2H]c1c([2H])c(-c2cccc(OC([2H])([2H])[2H])c2)c([2H])c(F)c1NC(=O)C1=C(C(=O)O)CCC1. The Labute approximate surface area is 158 Å². The number of carbonyl (C=O) groups excluding carboxylic acids is 1. The number of halogens is 1. The molecule has 6 heteroatoms. The number of benzene rings is 2. The Bertz CT molecular complexity index is 1120. The Morgan fingerprint density at radius 1 is 1.27 bits per heavy atom. The molecule has 0 aromatic heterocycles. The van der Waals surface area contributed by atoms with Gasteiger partial charge in [0.2, 0.25) is 0 Å². The van der Waals surface area contributed by atoms with Crippen molar-refractivity contribution in [2.45, 2.75) is 19.3 Å². The van der Waals surface area contributed by atoms with Gasteiger partial charge in [0.25, 0.3) is 5.91 Å². The molecule has 0 bridgehead atoms. The van der Waals surface area contributed by atoms with Crippen molar-refractivity contribution in [1.29, 1.82) is 0 Å². The zero-order valence-electron chi connectivity index (χ0n) is 19.5. The van der Waals surface area contributed by atoms with Gasteiger partial charge < -0.3 is 15.2 Å². The summed E-state index contributed by atoms with van der Waals surface area (Å²) in [4.78, 5) is 23.8. The van der Waals surface area contributed by atoms with Crippen molar-refractivity contribution in [1.82, 2.24) is 0 Å². The average molecular weight is 361 g/mol. The summed E-state index contributed by atoms with van der Waals surface area (Å²) in [6, 6.07) is 3.27. The van der Waals surface area contributed by atoms with Crippen LogP contribution in [-0.2, 0) is 9.59 Å². The van der Waals surface area contributed by atoms with Crippen LogP contribution in [0, 0.1) is 5.82 Å². The highest BCUT2D eigenvalue weighted by Crippen LogP contribution is 2.30. The summed E-state index contributed by atoms with van der Waals surface area (Å²) < 4.78 is 65.8. The van der Waals surface area contributed by atoms with E-state index in [0.717, 1.165) is 0 Å². The predicted octanol–water partition coefficient (Wildman–Crippen LogP) is 4.00. The van der Waals surface area contributed by atoms with Gasteiger partial charge in [-0.1, -0.05) is 18.2 Å². The van der Waals surface area contributed by atoms with Crippen LogP contribution in [0.15, 0.2) is 53.5 Å². The summed E-state index contributed by atoms with van der Waals surface area (Å²) >= 11 is 0. The van der Waals surface area contributed by atoms with Crippen molar-refractivity contribution in [3.05, 3.63) is 59.4 Å². The van der Waals surface area contributed by atoms with Crippen LogP contribution < -0.4 is 10.1 Å². The molecule has 1 aliphatic carbocycles. The molecule has 2 N–H and O–H groups in total. The van der Waals surface area contributed by atoms with Crippen LogP contribution >= 0.6 is 0 Å². The van der Waals surface area contributed by atoms with E-state index in [1.54, 1.807) is 0 Å². The molecule has 0 atom stereocenters. The van der Waals surface area contributed by atoms with Crippen molar-refractivity contribution in [2.24, 2.45) is 0 Å². The number of aliphatic carboxylic acids is 1. The minimum Gasteiger partial charge on any atom is -0.497 e. The monoisotopic (exact) mass is 361 g/mol. The lowest BCUT2D eigenvalue weighted by atomic mass is 10.0. The molecule has 0 radical (unpaired) electrons. The molecule has 0 saturated heterocycles. The van der Waals surface area contributed by atoms with Gasteiger partial charge in [0.1, 0.15) is 11.6 Å². The number of hydrogen-bond donors (Lipinski definition) is 2. The number of anilines is 1. The number of methoxy groups -OCH3 is 1. The van der Waals surface area contributed by atoms with Gasteiger partial charge in [-0.05, 0) is 54.6 Å². The minimum absolute atomic E-state index is 0.0343. The fourth-order valence-electron chi connectivity index (χ4n) is 2.75. The molecule has 0 spiro atoms. The second-order valence-corrected chi connectivity index (χ2v) is 5.64. The molecule has 0 heterocycles. The first-order chi connectivity index (χ1) is 14.9. The molecular formula is C20H18FNO4. The van der Waals surface area contributed by atoms with Crippen LogP contribution in [-0.4, -0.2) is 24.0 Å². The van der Waals surface area contributed by atoms with Crippen molar-refractivity contribution in [2.75, 3.05) is 12.4 Å². The number of ether oxygens (including phenoxy) is 1. The van der Waals surface area contributed by atoms with Crippen molar-refractivity contribution in [3.8, 4) is 16.9 Å². The quantitative estimate of drug-likeness (QED) is 0.844. The highest BCUT2D eigenvalue weighted by molar-refractivity contribution is 6.09. The largest absolute Gasteiger partial charge is 0.497 e. The topological polar surface area (TPSA) is 75.6 Å². The number of carboxylic acid groups (broad SMARTS) is 1. The predicted molar refractivity (Wildman–Crippen MR) is 95.5 cm³/mol. The average Bonchev–Trinajstić information content (AvgIpc) is 3.19. The first-order valence-corrected chi connectivity index (χ1v) is 7.76. The summed E-state index contributed by atoms with van der Waals surface area (Å²) in [6.45, 7) is 0. The fourth-order valence-corrected chi connectivity index (χ4v) is 2.75. The maximum absolute atomic E-state index is 15.0. The minimum atomic E-state index is -2.74. The number of nitrogens with one attached hydrogen (secondary N) is 1. The van der Waals surface area contributed by atoms with E-state index >= 15 is 4.39 Å². The Kier molecular flexibility index (Phi) is 3.26. The fraction of sp³-hybridized carbons (Fsp3) is 0.200. The molecule has 3 rings (SSSR count). The van der Waals surface area contributed by atoms with Gasteiger partial charge in [-0.25, -0.2) is 9.18 Å². The molecule has 2 aromatic carbocycles. The second kappa shape index (κ2) is 7.39. The molecule has 0 unspecified atom stereocenters. The van der Waals surface area contributed by atoms with E-state index in [1.807, 2.05) is 0 Å². The van der Waals surface area contributed by atoms with Crippen molar-refractivity contribution >= 4 is 17.6 Å². The van der Waals surface area contributed by atoms with Crippen LogP contribution in [0.5, 0.6) is 5.75 Å². The van der Waals surface area contributed by atoms with Gasteiger partial charge in [-0.2, -0.15) is 0 Å². The summed E-state index contributed by atoms with van der Waals surface area (Å²) in [5.74, 6) is -3.52. The van der Waals surface area contributed by atoms with E-state index in [1.165, 1.54) is 24.3 Å². The van der Waals surface area contributed by atoms with E-state index in [2.05, 4.69) is 5.32 Å². The summed E-state index contributed by atoms with van der Waals surface area (Å²) in [7, 11) is -2.74. The van der Waals surface area contributed by atoms with E-state index in [4.69, 9.17) is 13.0 Å². The highest BCUT2D eigenvalue weighted by Gasteiger charge is 2.25. The molecule has 0 aliphatic heterocycles. The van der Waals surface area contributed by atoms with Gasteiger partial charge in [-0.3, -0.25) is 4.79 Å². The van der Waals surface area contributed by atoms with Crippen LogP contribution in [0.2, 0.25) is 0 Å². The molecule has 2 aromatic rings. The number of rotatable bonds is 5. The van der Waals surface area contributed by atoms with Gasteiger partial charge in [-0.15, -0.1) is 0 Å². The molecule has 5 nitrogen and oxygen atoms in total. The van der Waals surface area contributed by atoms with E-state index < -0.39 is 48.5 Å². The third-order valence-electron chi connectivity index (χ3n) is 4.00. The van der Waals surface area contributed by atoms with E-state index in [9.17, 15) is 14.7 Å². The summed E-state index contributed by atoms with van der Waals surface area (Å²) in [6.07, 6.45) is 0.815. The molecule has 1 aliphatic rings. The van der Waals surface area contributed by atoms with Crippen molar-refractivity contribution < 1.29 is 32.0 Å². The first kappa shape index (κ1) is 11.5. The van der Waals surface area contributed by atoms with Gasteiger partial charge in [0.05, 0.1) is 20.9 Å². The second-order valence-electron chi connectivity index (χ2n) is 5.64. The smallest absolute Gasteiger partial charge is 0.332 e. The standard InChI is InChI=1S/C20H18FNO4/c1-26-14-5-2-4-12(10-14)13-8-9-18(17(21)11-13)22-19(23)15-6-3-7-16(15)20(24)25/h2,4-5,8-11H,3,6-7H2,1H3,(H,22,23)(H,24,25)/i1D3,8D,9D,11D. The number of carbonyl (C=O) groups is 2. The van der Waals surface area contributed by atoms with Gasteiger partial charge >= 0.3 is 5.97 Å². The Hall–Kier alpha value is -3.15. The first-order valence-electron chi connectivity index (χ1n) is 10.8. The Balaban J connectivity index is 2.03. The van der Waals surface area contributed by atoms with Gasteiger partial charge in [0, 0.05) is 11.1 Å². The van der Waals surface area contributed by atoms with Crippen LogP contribution in [0.1, 0.15) is 27.5 Å². The Morgan fingerprint density at radius 3 is 2.85 bits per heavy atom. The van der Waals surface area contributed by atoms with Crippen LogP contribution in [0.3, 0.4) is 0 Å².